The summed E-state index contributed by atoms with van der Waals surface area (Å²) in [7, 11) is 0. The first-order valence-electron chi connectivity index (χ1n) is 6.94. The van der Waals surface area contributed by atoms with Gasteiger partial charge in [-0.25, -0.2) is 4.79 Å². The van der Waals surface area contributed by atoms with Gasteiger partial charge in [0.05, 0.1) is 5.56 Å². The molecule has 1 aromatic rings. The Balaban J connectivity index is 3.14. The van der Waals surface area contributed by atoms with Crippen LogP contribution in [0.1, 0.15) is 44.4 Å². The van der Waals surface area contributed by atoms with Gasteiger partial charge in [-0.1, -0.05) is 6.07 Å². The summed E-state index contributed by atoms with van der Waals surface area (Å²) in [5, 5.41) is 2.40. The van der Waals surface area contributed by atoms with E-state index in [4.69, 9.17) is 4.74 Å². The molecule has 1 unspecified atom stereocenters. The Bertz CT molecular complexity index is 606. The predicted octanol–water partition coefficient (Wildman–Crippen LogP) is 3.95. The van der Waals surface area contributed by atoms with Gasteiger partial charge in [0.15, 0.2) is 0 Å². The average Bonchev–Trinajstić information content (AvgIpc) is 2.34. The smallest absolute Gasteiger partial charge is 0.416 e. The summed E-state index contributed by atoms with van der Waals surface area (Å²) < 4.78 is 43.2. The lowest BCUT2D eigenvalue weighted by atomic mass is 9.89. The molecule has 0 radical (unpaired) electrons. The van der Waals surface area contributed by atoms with Gasteiger partial charge < -0.3 is 14.8 Å². The Hall–Kier alpha value is -2.05. The maximum absolute atomic E-state index is 12.7. The number of aldehydes is 1. The Labute approximate surface area is 133 Å². The van der Waals surface area contributed by atoms with Crippen molar-refractivity contribution in [2.45, 2.75) is 51.9 Å². The van der Waals surface area contributed by atoms with Crippen LogP contribution in [0, 0.1) is 6.92 Å². The quantitative estimate of drug-likeness (QED) is 0.853. The van der Waals surface area contributed by atoms with E-state index in [1.54, 1.807) is 20.8 Å². The molecule has 0 aliphatic rings. The Morgan fingerprint density at radius 3 is 2.13 bits per heavy atom. The molecule has 0 saturated carbocycles. The van der Waals surface area contributed by atoms with E-state index in [1.807, 2.05) is 0 Å². The number of halogens is 3. The Morgan fingerprint density at radius 1 is 1.17 bits per heavy atom. The van der Waals surface area contributed by atoms with Gasteiger partial charge >= 0.3 is 12.3 Å². The monoisotopic (exact) mass is 331 g/mol. The first kappa shape index (κ1) is 19.0. The van der Waals surface area contributed by atoms with Gasteiger partial charge in [-0.05, 0) is 57.9 Å². The molecule has 0 fully saturated rings. The van der Waals surface area contributed by atoms with Crippen LogP contribution in [-0.2, 0) is 21.2 Å². The predicted molar refractivity (Wildman–Crippen MR) is 79.0 cm³/mol. The molecule has 128 valence electrons. The molecule has 0 saturated heterocycles. The number of aryl methyl sites for hydroxylation is 1. The van der Waals surface area contributed by atoms with E-state index >= 15 is 0 Å². The van der Waals surface area contributed by atoms with E-state index in [9.17, 15) is 22.8 Å². The molecular formula is C16H20F3NO3. The van der Waals surface area contributed by atoms with Crippen molar-refractivity contribution in [1.29, 1.82) is 0 Å². The van der Waals surface area contributed by atoms with Gasteiger partial charge in [0.1, 0.15) is 17.4 Å². The number of amides is 1. The lowest BCUT2D eigenvalue weighted by Crippen LogP contribution is -2.47. The van der Waals surface area contributed by atoms with Gasteiger partial charge in [-0.2, -0.15) is 13.2 Å². The number of alkyl carbamates (subject to hydrolysis) is 1. The second-order valence-corrected chi connectivity index (χ2v) is 6.47. The molecule has 1 atom stereocenters. The van der Waals surface area contributed by atoms with E-state index in [0.29, 0.717) is 6.29 Å². The van der Waals surface area contributed by atoms with Gasteiger partial charge in [0.25, 0.3) is 0 Å². The van der Waals surface area contributed by atoms with Crippen molar-refractivity contribution < 1.29 is 27.5 Å². The van der Waals surface area contributed by atoms with Crippen molar-refractivity contribution in [3.05, 3.63) is 34.9 Å². The topological polar surface area (TPSA) is 55.4 Å². The summed E-state index contributed by atoms with van der Waals surface area (Å²) in [5.74, 6) is 0. The number of ether oxygens (including phenoxy) is 1. The van der Waals surface area contributed by atoms with Crippen LogP contribution < -0.4 is 5.32 Å². The fourth-order valence-electron chi connectivity index (χ4n) is 2.10. The molecule has 0 aromatic heterocycles. The van der Waals surface area contributed by atoms with Crippen LogP contribution in [0.3, 0.4) is 0 Å². The first-order valence-corrected chi connectivity index (χ1v) is 6.94. The summed E-state index contributed by atoms with van der Waals surface area (Å²) in [6.45, 7) is 7.83. The largest absolute Gasteiger partial charge is 0.444 e. The minimum atomic E-state index is -4.47. The van der Waals surface area contributed by atoms with Gasteiger partial charge in [0.2, 0.25) is 0 Å². The van der Waals surface area contributed by atoms with Crippen LogP contribution >= 0.6 is 0 Å². The minimum Gasteiger partial charge on any atom is -0.444 e. The normalized spacial score (nSPS) is 14.8. The number of rotatable bonds is 3. The maximum atomic E-state index is 12.7. The van der Waals surface area contributed by atoms with Crippen molar-refractivity contribution in [2.24, 2.45) is 0 Å². The van der Waals surface area contributed by atoms with Crippen molar-refractivity contribution in [3.63, 3.8) is 0 Å². The molecule has 0 spiro atoms. The highest BCUT2D eigenvalue weighted by Gasteiger charge is 2.35. The number of nitrogens with one attached hydrogen (secondary N) is 1. The van der Waals surface area contributed by atoms with Crippen LogP contribution in [-0.4, -0.2) is 18.0 Å². The van der Waals surface area contributed by atoms with Crippen LogP contribution in [0.25, 0.3) is 0 Å². The molecule has 4 nitrogen and oxygen atoms in total. The van der Waals surface area contributed by atoms with E-state index < -0.39 is 29.0 Å². The lowest BCUT2D eigenvalue weighted by Gasteiger charge is -2.29. The maximum Gasteiger partial charge on any atom is 0.416 e. The van der Waals surface area contributed by atoms with Crippen LogP contribution in [0.2, 0.25) is 0 Å². The third kappa shape index (κ3) is 4.97. The molecule has 1 rings (SSSR count). The highest BCUT2D eigenvalue weighted by atomic mass is 19.4. The lowest BCUT2D eigenvalue weighted by molar-refractivity contribution is -0.137. The molecule has 1 N–H and O–H groups in total. The standard InChI is InChI=1S/C16H20F3NO3/c1-10-8-11(16(17,18)19)6-7-12(10)15(5,9-21)20-13(22)23-14(2,3)4/h6-9H,1-5H3,(H,20,22). The first-order chi connectivity index (χ1) is 10.3. The molecule has 0 aliphatic carbocycles. The van der Waals surface area contributed by atoms with Crippen LogP contribution in [0.4, 0.5) is 18.0 Å². The van der Waals surface area contributed by atoms with E-state index in [-0.39, 0.29) is 11.1 Å². The highest BCUT2D eigenvalue weighted by molar-refractivity contribution is 5.78. The van der Waals surface area contributed by atoms with Crippen molar-refractivity contribution in [1.82, 2.24) is 5.32 Å². The fourth-order valence-corrected chi connectivity index (χ4v) is 2.10. The van der Waals surface area contributed by atoms with E-state index in [1.165, 1.54) is 19.9 Å². The van der Waals surface area contributed by atoms with Crippen molar-refractivity contribution in [2.75, 3.05) is 0 Å². The van der Waals surface area contributed by atoms with E-state index in [2.05, 4.69) is 5.32 Å². The molecule has 0 heterocycles. The third-order valence-corrected chi connectivity index (χ3v) is 3.11. The van der Waals surface area contributed by atoms with Crippen LogP contribution in [0.5, 0.6) is 0 Å². The number of alkyl halides is 3. The van der Waals surface area contributed by atoms with Gasteiger partial charge in [-0.15, -0.1) is 0 Å². The Morgan fingerprint density at radius 2 is 1.74 bits per heavy atom. The van der Waals surface area contributed by atoms with E-state index in [0.717, 1.165) is 12.1 Å². The zero-order valence-corrected chi connectivity index (χ0v) is 13.7. The molecule has 0 aliphatic heterocycles. The minimum absolute atomic E-state index is 0.241. The summed E-state index contributed by atoms with van der Waals surface area (Å²) in [6.07, 6.45) is -4.84. The van der Waals surface area contributed by atoms with Crippen molar-refractivity contribution >= 4 is 12.4 Å². The second-order valence-electron chi connectivity index (χ2n) is 6.47. The molecule has 1 amide bonds. The summed E-state index contributed by atoms with van der Waals surface area (Å²) in [5.41, 5.74) is -2.55. The molecule has 23 heavy (non-hydrogen) atoms. The van der Waals surface area contributed by atoms with Crippen LogP contribution in [0.15, 0.2) is 18.2 Å². The molecule has 7 heteroatoms. The van der Waals surface area contributed by atoms with Crippen molar-refractivity contribution in [3.8, 4) is 0 Å². The number of benzene rings is 1. The summed E-state index contributed by atoms with van der Waals surface area (Å²) in [6, 6.07) is 3.00. The third-order valence-electron chi connectivity index (χ3n) is 3.11. The summed E-state index contributed by atoms with van der Waals surface area (Å²) >= 11 is 0. The number of carbonyl (C=O) groups excluding carboxylic acids is 2. The second kappa shape index (κ2) is 6.22. The number of carbonyl (C=O) groups is 2. The average molecular weight is 331 g/mol. The molecular weight excluding hydrogens is 311 g/mol. The number of hydrogen-bond acceptors (Lipinski definition) is 3. The SMILES string of the molecule is Cc1cc(C(F)(F)F)ccc1C(C)(C=O)NC(=O)OC(C)(C)C. The molecule has 0 bridgehead atoms. The molecule has 1 aromatic carbocycles. The highest BCUT2D eigenvalue weighted by Crippen LogP contribution is 2.32. The zero-order valence-electron chi connectivity index (χ0n) is 13.7. The van der Waals surface area contributed by atoms with Gasteiger partial charge in [0, 0.05) is 0 Å². The summed E-state index contributed by atoms with van der Waals surface area (Å²) in [4.78, 5) is 23.3. The van der Waals surface area contributed by atoms with Gasteiger partial charge in [-0.3, -0.25) is 0 Å². The zero-order chi connectivity index (χ0) is 18.1. The number of hydrogen-bond donors (Lipinski definition) is 1. The Kier molecular flexibility index (Phi) is 5.13. The fraction of sp³-hybridized carbons (Fsp3) is 0.500.